The molecule has 2 aliphatic rings. The topological polar surface area (TPSA) is 6.48 Å². The van der Waals surface area contributed by atoms with Gasteiger partial charge in [-0.25, -0.2) is 4.39 Å². The van der Waals surface area contributed by atoms with E-state index in [1.54, 1.807) is 0 Å². The minimum Gasteiger partial charge on any atom is -0.306 e. The van der Waals surface area contributed by atoms with Crippen molar-refractivity contribution in [2.45, 2.75) is 38.4 Å². The number of piperidine rings is 2. The standard InChI is InChI=1S/C12H23FN2/c1-10-3-8-15(9-12(10)13)11-4-6-14(2)7-5-11/h10-12H,3-9H2,1-2H3/t10-,12-/m1/s1. The molecule has 0 N–H and O–H groups in total. The molecule has 0 aromatic heterocycles. The van der Waals surface area contributed by atoms with Gasteiger partial charge in [-0.15, -0.1) is 0 Å². The summed E-state index contributed by atoms with van der Waals surface area (Å²) in [4.78, 5) is 4.76. The lowest BCUT2D eigenvalue weighted by molar-refractivity contribution is 0.0392. The Morgan fingerprint density at radius 3 is 2.33 bits per heavy atom. The van der Waals surface area contributed by atoms with E-state index in [1.807, 2.05) is 6.92 Å². The second-order valence-corrected chi connectivity index (χ2v) is 5.31. The van der Waals surface area contributed by atoms with E-state index in [-0.39, 0.29) is 5.92 Å². The summed E-state index contributed by atoms with van der Waals surface area (Å²) in [6.07, 6.45) is 2.88. The van der Waals surface area contributed by atoms with Gasteiger partial charge in [0.1, 0.15) is 6.17 Å². The Kier molecular flexibility index (Phi) is 3.62. The summed E-state index contributed by atoms with van der Waals surface area (Å²) in [5.41, 5.74) is 0. The highest BCUT2D eigenvalue weighted by molar-refractivity contribution is 4.85. The lowest BCUT2D eigenvalue weighted by atomic mass is 9.93. The number of hydrogen-bond donors (Lipinski definition) is 0. The van der Waals surface area contributed by atoms with Crippen molar-refractivity contribution in [1.82, 2.24) is 9.80 Å². The van der Waals surface area contributed by atoms with Gasteiger partial charge in [-0.1, -0.05) is 6.92 Å². The molecule has 2 saturated heterocycles. The van der Waals surface area contributed by atoms with Gasteiger partial charge >= 0.3 is 0 Å². The zero-order chi connectivity index (χ0) is 10.8. The van der Waals surface area contributed by atoms with E-state index in [1.165, 1.54) is 25.9 Å². The van der Waals surface area contributed by atoms with Crippen LogP contribution in [-0.4, -0.2) is 55.2 Å². The molecule has 2 atom stereocenters. The molecule has 0 unspecified atom stereocenters. The third kappa shape index (κ3) is 2.70. The van der Waals surface area contributed by atoms with Crippen LogP contribution in [0.4, 0.5) is 4.39 Å². The highest BCUT2D eigenvalue weighted by atomic mass is 19.1. The first-order valence-corrected chi connectivity index (χ1v) is 6.23. The summed E-state index contributed by atoms with van der Waals surface area (Å²) in [5, 5.41) is 0. The van der Waals surface area contributed by atoms with Crippen LogP contribution in [0.15, 0.2) is 0 Å². The molecule has 2 nitrogen and oxygen atoms in total. The third-order valence-corrected chi connectivity index (χ3v) is 4.10. The van der Waals surface area contributed by atoms with Crippen molar-refractivity contribution in [2.75, 3.05) is 33.2 Å². The molecule has 2 fully saturated rings. The molecule has 0 saturated carbocycles. The van der Waals surface area contributed by atoms with E-state index < -0.39 is 6.17 Å². The molecule has 0 aromatic carbocycles. The van der Waals surface area contributed by atoms with E-state index >= 15 is 0 Å². The Labute approximate surface area is 92.4 Å². The van der Waals surface area contributed by atoms with Crippen LogP contribution in [0.5, 0.6) is 0 Å². The number of nitrogens with zero attached hydrogens (tertiary/aromatic N) is 2. The fourth-order valence-electron chi connectivity index (χ4n) is 2.74. The van der Waals surface area contributed by atoms with Crippen molar-refractivity contribution in [3.63, 3.8) is 0 Å². The largest absolute Gasteiger partial charge is 0.306 e. The van der Waals surface area contributed by atoms with Gasteiger partial charge in [-0.05, 0) is 51.9 Å². The molecule has 0 amide bonds. The van der Waals surface area contributed by atoms with Crippen molar-refractivity contribution >= 4 is 0 Å². The maximum Gasteiger partial charge on any atom is 0.115 e. The normalized spacial score (nSPS) is 37.0. The van der Waals surface area contributed by atoms with Gasteiger partial charge < -0.3 is 4.90 Å². The number of rotatable bonds is 1. The Hall–Kier alpha value is -0.150. The van der Waals surface area contributed by atoms with E-state index in [2.05, 4.69) is 16.8 Å². The van der Waals surface area contributed by atoms with E-state index in [0.717, 1.165) is 13.0 Å². The Morgan fingerprint density at radius 1 is 1.07 bits per heavy atom. The summed E-state index contributed by atoms with van der Waals surface area (Å²) in [5.74, 6) is 0.271. The maximum atomic E-state index is 13.6. The van der Waals surface area contributed by atoms with Gasteiger partial charge in [0.25, 0.3) is 0 Å². The van der Waals surface area contributed by atoms with Gasteiger partial charge in [0.15, 0.2) is 0 Å². The molecule has 0 radical (unpaired) electrons. The molecular formula is C12H23FN2. The summed E-state index contributed by atoms with van der Waals surface area (Å²) >= 11 is 0. The van der Waals surface area contributed by atoms with Crippen LogP contribution < -0.4 is 0 Å². The third-order valence-electron chi connectivity index (χ3n) is 4.10. The smallest absolute Gasteiger partial charge is 0.115 e. The van der Waals surface area contributed by atoms with Crippen LogP contribution >= 0.6 is 0 Å². The Balaban J connectivity index is 1.84. The Morgan fingerprint density at radius 2 is 1.73 bits per heavy atom. The second-order valence-electron chi connectivity index (χ2n) is 5.31. The van der Waals surface area contributed by atoms with Crippen molar-refractivity contribution < 1.29 is 4.39 Å². The summed E-state index contributed by atoms with van der Waals surface area (Å²) in [6, 6.07) is 0.645. The maximum absolute atomic E-state index is 13.6. The molecule has 0 bridgehead atoms. The van der Waals surface area contributed by atoms with E-state index in [4.69, 9.17) is 0 Å². The summed E-state index contributed by atoms with van der Waals surface area (Å²) in [7, 11) is 2.17. The molecule has 15 heavy (non-hydrogen) atoms. The first-order valence-electron chi connectivity index (χ1n) is 6.23. The Bertz CT molecular complexity index is 202. The van der Waals surface area contributed by atoms with Crippen molar-refractivity contribution in [3.05, 3.63) is 0 Å². The van der Waals surface area contributed by atoms with Crippen molar-refractivity contribution in [2.24, 2.45) is 5.92 Å². The van der Waals surface area contributed by atoms with Crippen LogP contribution in [0.3, 0.4) is 0 Å². The van der Waals surface area contributed by atoms with E-state index in [0.29, 0.717) is 12.6 Å². The molecule has 0 spiro atoms. The lowest BCUT2D eigenvalue weighted by Gasteiger charge is -2.41. The quantitative estimate of drug-likeness (QED) is 0.656. The predicted molar refractivity (Wildman–Crippen MR) is 60.8 cm³/mol. The highest BCUT2D eigenvalue weighted by Crippen LogP contribution is 2.25. The van der Waals surface area contributed by atoms with Gasteiger partial charge in [0.05, 0.1) is 0 Å². The lowest BCUT2D eigenvalue weighted by Crippen LogP contribution is -2.50. The van der Waals surface area contributed by atoms with Crippen LogP contribution in [0.25, 0.3) is 0 Å². The molecule has 2 rings (SSSR count). The first-order chi connectivity index (χ1) is 7.16. The summed E-state index contributed by atoms with van der Waals surface area (Å²) in [6.45, 7) is 6.17. The molecule has 0 aromatic rings. The second kappa shape index (κ2) is 4.79. The monoisotopic (exact) mass is 214 g/mol. The van der Waals surface area contributed by atoms with Crippen molar-refractivity contribution in [1.29, 1.82) is 0 Å². The molecule has 3 heteroatoms. The zero-order valence-corrected chi connectivity index (χ0v) is 9.95. The predicted octanol–water partition coefficient (Wildman–Crippen LogP) is 1.76. The molecule has 2 heterocycles. The molecular weight excluding hydrogens is 191 g/mol. The van der Waals surface area contributed by atoms with E-state index in [9.17, 15) is 4.39 Å². The number of alkyl halides is 1. The van der Waals surface area contributed by atoms with Crippen molar-refractivity contribution in [3.8, 4) is 0 Å². The average Bonchev–Trinajstić information content (AvgIpc) is 2.23. The molecule has 2 aliphatic heterocycles. The fourth-order valence-corrected chi connectivity index (χ4v) is 2.74. The van der Waals surface area contributed by atoms with Crippen LogP contribution in [-0.2, 0) is 0 Å². The van der Waals surface area contributed by atoms with Gasteiger partial charge in [0, 0.05) is 12.6 Å². The van der Waals surface area contributed by atoms with Gasteiger partial charge in [0.2, 0.25) is 0 Å². The minimum absolute atomic E-state index is 0.271. The zero-order valence-electron chi connectivity index (χ0n) is 9.95. The average molecular weight is 214 g/mol. The SMILES string of the molecule is C[C@@H]1CCN(C2CCN(C)CC2)C[C@H]1F. The highest BCUT2D eigenvalue weighted by Gasteiger charge is 2.31. The minimum atomic E-state index is -0.599. The summed E-state index contributed by atoms with van der Waals surface area (Å²) < 4.78 is 13.6. The number of halogens is 1. The van der Waals surface area contributed by atoms with Gasteiger partial charge in [-0.3, -0.25) is 4.90 Å². The van der Waals surface area contributed by atoms with Crippen LogP contribution in [0.1, 0.15) is 26.2 Å². The fraction of sp³-hybridized carbons (Fsp3) is 1.00. The van der Waals surface area contributed by atoms with Crippen LogP contribution in [0, 0.1) is 5.92 Å². The first kappa shape index (κ1) is 11.3. The van der Waals surface area contributed by atoms with Gasteiger partial charge in [-0.2, -0.15) is 0 Å². The number of likely N-dealkylation sites (tertiary alicyclic amines) is 2. The van der Waals surface area contributed by atoms with Crippen LogP contribution in [0.2, 0.25) is 0 Å². The molecule has 88 valence electrons. The molecule has 0 aliphatic carbocycles. The number of hydrogen-bond acceptors (Lipinski definition) is 2.